The molecule has 0 radical (unpaired) electrons. The monoisotopic (exact) mass is 612 g/mol. The lowest BCUT2D eigenvalue weighted by Crippen LogP contribution is -2.47. The van der Waals surface area contributed by atoms with Gasteiger partial charge in [-0.1, -0.05) is 93.0 Å². The molecular weight excluding hydrogens is 577 g/mol. The van der Waals surface area contributed by atoms with Crippen LogP contribution in [-0.2, 0) is 11.8 Å². The van der Waals surface area contributed by atoms with E-state index < -0.39 is 35.1 Å². The van der Waals surface area contributed by atoms with Crippen molar-refractivity contribution in [1.82, 2.24) is 4.90 Å². The molecule has 42 heavy (non-hydrogen) atoms. The number of nitrogens with zero attached hydrogens (tertiary/aromatic N) is 2. The number of likely N-dealkylation sites (tertiary alicyclic amines) is 1. The Balaban J connectivity index is 1.86. The molecule has 0 saturated carbocycles. The first-order valence-corrected chi connectivity index (χ1v) is 14.7. The molecule has 0 aliphatic carbocycles. The Kier molecular flexibility index (Phi) is 9.69. The fourth-order valence-corrected chi connectivity index (χ4v) is 6.84. The van der Waals surface area contributed by atoms with Crippen molar-refractivity contribution in [2.75, 3.05) is 13.2 Å². The number of benzene rings is 3. The molecule has 4 nitrogen and oxygen atoms in total. The normalized spacial score (nSPS) is 22.7. The third kappa shape index (κ3) is 6.21. The summed E-state index contributed by atoms with van der Waals surface area (Å²) < 4.78 is 31.7. The molecule has 4 rings (SSSR count). The topological polar surface area (TPSA) is 67.5 Å². The second-order valence-electron chi connectivity index (χ2n) is 12.2. The second-order valence-corrected chi connectivity index (χ2v) is 13.1. The molecule has 3 aromatic carbocycles. The van der Waals surface area contributed by atoms with Gasteiger partial charge in [-0.3, -0.25) is 4.90 Å². The van der Waals surface area contributed by atoms with Crippen molar-refractivity contribution in [3.05, 3.63) is 111 Å². The maximum absolute atomic E-state index is 15.9. The Labute approximate surface area is 256 Å². The van der Waals surface area contributed by atoms with E-state index in [2.05, 4.69) is 17.5 Å². The van der Waals surface area contributed by atoms with Gasteiger partial charge < -0.3 is 10.2 Å². The van der Waals surface area contributed by atoms with Crippen LogP contribution in [0.4, 0.5) is 8.78 Å². The largest absolute Gasteiger partial charge is 0.508 e. The van der Waals surface area contributed by atoms with Gasteiger partial charge in [0.2, 0.25) is 0 Å². The molecule has 4 atom stereocenters. The fourth-order valence-electron chi connectivity index (χ4n) is 6.50. The van der Waals surface area contributed by atoms with E-state index in [1.807, 2.05) is 32.9 Å². The average molecular weight is 614 g/mol. The van der Waals surface area contributed by atoms with E-state index in [0.717, 1.165) is 5.56 Å². The molecular formula is C34H36Cl2F2N2O2. The highest BCUT2D eigenvalue weighted by Crippen LogP contribution is 2.56. The predicted octanol–water partition coefficient (Wildman–Crippen LogP) is 8.46. The fraction of sp³-hybridized carbons (Fsp3) is 0.382. The Morgan fingerprint density at radius 1 is 1.10 bits per heavy atom. The number of halogens is 4. The van der Waals surface area contributed by atoms with Gasteiger partial charge in [0, 0.05) is 34.2 Å². The molecule has 222 valence electrons. The van der Waals surface area contributed by atoms with E-state index in [4.69, 9.17) is 23.2 Å². The maximum Gasteiger partial charge on any atom is 0.145 e. The molecule has 0 bridgehead atoms. The zero-order chi connectivity index (χ0) is 30.8. The van der Waals surface area contributed by atoms with E-state index in [1.54, 1.807) is 30.3 Å². The van der Waals surface area contributed by atoms with Gasteiger partial charge >= 0.3 is 0 Å². The lowest BCUT2D eigenvalue weighted by molar-refractivity contribution is 0.0982. The summed E-state index contributed by atoms with van der Waals surface area (Å²) in [6, 6.07) is 17.5. The van der Waals surface area contributed by atoms with Gasteiger partial charge in [0.1, 0.15) is 22.8 Å². The molecule has 1 heterocycles. The molecule has 1 aliphatic heterocycles. The highest BCUT2D eigenvalue weighted by atomic mass is 35.5. The van der Waals surface area contributed by atoms with Crippen LogP contribution in [0, 0.1) is 28.4 Å². The molecule has 1 aliphatic rings. The van der Waals surface area contributed by atoms with Crippen molar-refractivity contribution in [2.24, 2.45) is 5.41 Å². The van der Waals surface area contributed by atoms with Gasteiger partial charge in [0.05, 0.1) is 17.7 Å². The highest BCUT2D eigenvalue weighted by Gasteiger charge is 2.62. The predicted molar refractivity (Wildman–Crippen MR) is 165 cm³/mol. The highest BCUT2D eigenvalue weighted by molar-refractivity contribution is 6.31. The van der Waals surface area contributed by atoms with E-state index in [1.165, 1.54) is 18.2 Å². The van der Waals surface area contributed by atoms with E-state index in [0.29, 0.717) is 31.4 Å². The summed E-state index contributed by atoms with van der Waals surface area (Å²) in [6.45, 7) is 9.79. The number of hydrogen-bond acceptors (Lipinski definition) is 4. The summed E-state index contributed by atoms with van der Waals surface area (Å²) in [5.41, 5.74) is 0.105. The Morgan fingerprint density at radius 3 is 2.36 bits per heavy atom. The van der Waals surface area contributed by atoms with Gasteiger partial charge in [-0.05, 0) is 60.5 Å². The first kappa shape index (κ1) is 32.0. The number of rotatable bonds is 9. The summed E-state index contributed by atoms with van der Waals surface area (Å²) >= 11 is 12.4. The van der Waals surface area contributed by atoms with Gasteiger partial charge in [0.25, 0.3) is 0 Å². The number of aliphatic hydroxyl groups excluding tert-OH is 2. The second kappa shape index (κ2) is 12.7. The molecule has 0 spiro atoms. The summed E-state index contributed by atoms with van der Waals surface area (Å²) in [7, 11) is 0. The SMILES string of the molecule is C=C(O)c1ccc(CCCN2C(CC(C)(C)C)[C@](C#N)(c3ccc(Cl)cc3F)C(c3cccc(Cl)c3F)[C@@H]2CO)cc1. The van der Waals surface area contributed by atoms with Crippen LogP contribution in [-0.4, -0.2) is 40.3 Å². The minimum atomic E-state index is -1.57. The van der Waals surface area contributed by atoms with Crippen LogP contribution in [0.3, 0.4) is 0 Å². The number of aliphatic hydroxyl groups is 2. The summed E-state index contributed by atoms with van der Waals surface area (Å²) in [5, 5.41) is 31.7. The molecule has 0 amide bonds. The van der Waals surface area contributed by atoms with Crippen LogP contribution in [0.1, 0.15) is 61.8 Å². The van der Waals surface area contributed by atoms with Crippen molar-refractivity contribution in [1.29, 1.82) is 5.26 Å². The van der Waals surface area contributed by atoms with Crippen LogP contribution in [0.15, 0.2) is 67.2 Å². The van der Waals surface area contributed by atoms with E-state index >= 15 is 8.78 Å². The van der Waals surface area contributed by atoms with Gasteiger partial charge in [-0.2, -0.15) is 5.26 Å². The number of nitriles is 1. The molecule has 8 heteroatoms. The lowest BCUT2D eigenvalue weighted by Gasteiger charge is -2.39. The van der Waals surface area contributed by atoms with E-state index in [9.17, 15) is 15.5 Å². The van der Waals surface area contributed by atoms with Crippen molar-refractivity contribution in [3.63, 3.8) is 0 Å². The van der Waals surface area contributed by atoms with E-state index in [-0.39, 0.29) is 39.0 Å². The zero-order valence-corrected chi connectivity index (χ0v) is 25.6. The average Bonchev–Trinajstić information content (AvgIpc) is 3.18. The van der Waals surface area contributed by atoms with Crippen molar-refractivity contribution in [3.8, 4) is 6.07 Å². The van der Waals surface area contributed by atoms with Crippen molar-refractivity contribution in [2.45, 2.75) is 63.5 Å². The molecule has 2 unspecified atom stereocenters. The first-order valence-electron chi connectivity index (χ1n) is 14.0. The van der Waals surface area contributed by atoms with Crippen LogP contribution in [0.25, 0.3) is 5.76 Å². The molecule has 0 aromatic heterocycles. The standard InChI is InChI=1S/C34H36Cl2F2N2O2/c1-21(42)23-12-10-22(11-13-23)7-6-16-40-29(19-41)31(25-8-5-9-27(36)32(25)38)34(20-39,30(40)18-33(2,3)4)26-15-14-24(35)17-28(26)37/h5,8-15,17,29-31,41-42H,1,6-7,16,18-19H2,2-4H3/t29-,30?,31?,34-/m0/s1. The van der Waals surface area contributed by atoms with Crippen LogP contribution in [0.2, 0.25) is 10.0 Å². The summed E-state index contributed by atoms with van der Waals surface area (Å²) in [4.78, 5) is 2.07. The van der Waals surface area contributed by atoms with Gasteiger partial charge in [-0.15, -0.1) is 0 Å². The Bertz CT molecular complexity index is 1480. The number of hydrogen-bond donors (Lipinski definition) is 2. The maximum atomic E-state index is 15.9. The summed E-state index contributed by atoms with van der Waals surface area (Å²) in [5.74, 6) is -2.27. The smallest absolute Gasteiger partial charge is 0.145 e. The molecule has 3 aromatic rings. The zero-order valence-electron chi connectivity index (χ0n) is 24.0. The summed E-state index contributed by atoms with van der Waals surface area (Å²) in [6.07, 6.45) is 1.82. The van der Waals surface area contributed by atoms with Crippen molar-refractivity contribution < 1.29 is 19.0 Å². The Morgan fingerprint density at radius 2 is 1.79 bits per heavy atom. The van der Waals surface area contributed by atoms with Gasteiger partial charge in [0.15, 0.2) is 0 Å². The molecule has 1 saturated heterocycles. The minimum absolute atomic E-state index is 0.00371. The Hall–Kier alpha value is -2.95. The first-order chi connectivity index (χ1) is 19.8. The molecule has 2 N–H and O–H groups in total. The van der Waals surface area contributed by atoms with Crippen LogP contribution < -0.4 is 0 Å². The van der Waals surface area contributed by atoms with Crippen LogP contribution >= 0.6 is 23.2 Å². The quantitative estimate of drug-likeness (QED) is 0.238. The molecule has 1 fully saturated rings. The van der Waals surface area contributed by atoms with Gasteiger partial charge in [-0.25, -0.2) is 8.78 Å². The third-order valence-corrected chi connectivity index (χ3v) is 8.79. The van der Waals surface area contributed by atoms with Crippen molar-refractivity contribution >= 4 is 29.0 Å². The minimum Gasteiger partial charge on any atom is -0.508 e. The van der Waals surface area contributed by atoms with Crippen LogP contribution in [0.5, 0.6) is 0 Å². The third-order valence-electron chi connectivity index (χ3n) is 8.27. The number of aryl methyl sites for hydroxylation is 1. The lowest BCUT2D eigenvalue weighted by atomic mass is 9.62.